The van der Waals surface area contributed by atoms with Gasteiger partial charge in [-0.05, 0) is 64.0 Å². The molecule has 4 atom stereocenters. The highest BCUT2D eigenvalue weighted by molar-refractivity contribution is 5.89. The van der Waals surface area contributed by atoms with E-state index in [1.54, 1.807) is 6.92 Å². The Hall–Kier alpha value is -2.47. The van der Waals surface area contributed by atoms with Gasteiger partial charge in [0.05, 0.1) is 17.6 Å². The molecule has 3 heterocycles. The summed E-state index contributed by atoms with van der Waals surface area (Å²) in [5.41, 5.74) is 1.08. The van der Waals surface area contributed by atoms with Crippen molar-refractivity contribution in [1.29, 1.82) is 0 Å². The molecule has 2 aliphatic heterocycles. The Morgan fingerprint density at radius 1 is 1.06 bits per heavy atom. The van der Waals surface area contributed by atoms with Crippen LogP contribution in [0.25, 0.3) is 11.0 Å². The highest BCUT2D eigenvalue weighted by atomic mass is 16.5. The first-order valence-corrected chi connectivity index (χ1v) is 12.3. The fourth-order valence-electron chi connectivity index (χ4n) is 6.18. The topological polar surface area (TPSA) is 64.4 Å². The number of carbonyl (C=O) groups excluding carboxylic acids is 1. The Labute approximate surface area is 189 Å². The Morgan fingerprint density at radius 2 is 1.84 bits per heavy atom. The van der Waals surface area contributed by atoms with Gasteiger partial charge in [0.1, 0.15) is 0 Å². The van der Waals surface area contributed by atoms with Gasteiger partial charge in [0.2, 0.25) is 5.69 Å². The summed E-state index contributed by atoms with van der Waals surface area (Å²) in [5, 5.41) is 0. The van der Waals surface area contributed by atoms with Gasteiger partial charge < -0.3 is 9.30 Å². The number of ether oxygens (including phenoxy) is 1. The monoisotopic (exact) mass is 435 g/mol. The molecule has 1 aromatic heterocycles. The third-order valence-corrected chi connectivity index (χ3v) is 7.51. The highest BCUT2D eigenvalue weighted by Crippen LogP contribution is 2.43. The van der Waals surface area contributed by atoms with E-state index in [0.717, 1.165) is 18.4 Å². The zero-order valence-electron chi connectivity index (χ0n) is 18.9. The molecule has 6 heteroatoms. The van der Waals surface area contributed by atoms with Crippen LogP contribution in [0.1, 0.15) is 81.2 Å². The van der Waals surface area contributed by atoms with E-state index >= 15 is 0 Å². The van der Waals surface area contributed by atoms with Crippen molar-refractivity contribution in [1.82, 2.24) is 14.5 Å². The standard InChI is InChI=1S/C26H33N3O3/c1-2-32-26(31)24-25(30)29(23-13-9-8-12-22(23)27-24)21-16-19-14-15-20(17-21)28(19)18-10-6-4-3-5-7-11-18/h6,8-10,12-13,18-21H,2-5,7,11,14-17H2,1H3/b10-6-/t18?,19-,20?,21+/m0/s1. The van der Waals surface area contributed by atoms with Crippen molar-refractivity contribution in [3.8, 4) is 0 Å². The number of nitrogens with zero attached hydrogens (tertiary/aromatic N) is 3. The Bertz CT molecular complexity index is 1060. The second-order valence-electron chi connectivity index (χ2n) is 9.44. The summed E-state index contributed by atoms with van der Waals surface area (Å²) < 4.78 is 6.99. The van der Waals surface area contributed by atoms with E-state index in [-0.39, 0.29) is 23.9 Å². The first kappa shape index (κ1) is 21.4. The summed E-state index contributed by atoms with van der Waals surface area (Å²) >= 11 is 0. The molecule has 5 rings (SSSR count). The molecule has 32 heavy (non-hydrogen) atoms. The molecule has 170 valence electrons. The van der Waals surface area contributed by atoms with E-state index in [4.69, 9.17) is 4.74 Å². The van der Waals surface area contributed by atoms with Gasteiger partial charge in [-0.15, -0.1) is 0 Å². The number of carbonyl (C=O) groups is 1. The molecule has 2 aromatic rings. The number of esters is 1. The minimum atomic E-state index is -0.628. The lowest BCUT2D eigenvalue weighted by Crippen LogP contribution is -2.49. The molecule has 2 saturated heterocycles. The van der Waals surface area contributed by atoms with Crippen LogP contribution < -0.4 is 5.56 Å². The lowest BCUT2D eigenvalue weighted by Gasteiger charge is -2.43. The molecular weight excluding hydrogens is 402 g/mol. The van der Waals surface area contributed by atoms with Crippen LogP contribution in [0, 0.1) is 0 Å². The van der Waals surface area contributed by atoms with Crippen LogP contribution in [-0.4, -0.2) is 45.2 Å². The summed E-state index contributed by atoms with van der Waals surface area (Å²) in [4.78, 5) is 33.1. The number of fused-ring (bicyclic) bond motifs is 3. The highest BCUT2D eigenvalue weighted by Gasteiger charge is 2.44. The van der Waals surface area contributed by atoms with Crippen molar-refractivity contribution >= 4 is 17.0 Å². The molecule has 2 bridgehead atoms. The van der Waals surface area contributed by atoms with Crippen LogP contribution >= 0.6 is 0 Å². The van der Waals surface area contributed by atoms with Crippen molar-refractivity contribution in [2.24, 2.45) is 0 Å². The normalized spacial score (nSPS) is 29.4. The van der Waals surface area contributed by atoms with Crippen molar-refractivity contribution in [3.05, 3.63) is 52.5 Å². The number of allylic oxidation sites excluding steroid dienone is 1. The van der Waals surface area contributed by atoms with Gasteiger partial charge in [-0.25, -0.2) is 9.78 Å². The van der Waals surface area contributed by atoms with Crippen molar-refractivity contribution in [2.45, 2.75) is 88.9 Å². The minimum absolute atomic E-state index is 0.0786. The molecule has 3 aliphatic rings. The summed E-state index contributed by atoms with van der Waals surface area (Å²) in [6.07, 6.45) is 15.4. The SMILES string of the molecule is CCOC(=O)c1nc2ccccc2n([C@H]2CC3CC[C@@H](C2)N3C2/C=C\CCCCC2)c1=O. The summed E-state index contributed by atoms with van der Waals surface area (Å²) in [6, 6.07) is 9.22. The van der Waals surface area contributed by atoms with Crippen LogP contribution in [0.2, 0.25) is 0 Å². The van der Waals surface area contributed by atoms with Crippen LogP contribution in [0.4, 0.5) is 0 Å². The summed E-state index contributed by atoms with van der Waals surface area (Å²) in [7, 11) is 0. The van der Waals surface area contributed by atoms with E-state index in [9.17, 15) is 9.59 Å². The zero-order chi connectivity index (χ0) is 22.1. The predicted molar refractivity (Wildman–Crippen MR) is 125 cm³/mol. The maximum absolute atomic E-state index is 13.5. The molecule has 1 aromatic carbocycles. The fraction of sp³-hybridized carbons (Fsp3) is 0.577. The number of benzene rings is 1. The fourth-order valence-corrected chi connectivity index (χ4v) is 6.18. The second kappa shape index (κ2) is 9.18. The zero-order valence-corrected chi connectivity index (χ0v) is 18.9. The number of aromatic nitrogens is 2. The molecule has 0 amide bonds. The van der Waals surface area contributed by atoms with E-state index < -0.39 is 5.97 Å². The molecule has 6 nitrogen and oxygen atoms in total. The maximum Gasteiger partial charge on any atom is 0.362 e. The molecule has 0 radical (unpaired) electrons. The molecule has 0 N–H and O–H groups in total. The Kier molecular flexibility index (Phi) is 6.13. The van der Waals surface area contributed by atoms with E-state index in [1.807, 2.05) is 28.8 Å². The number of rotatable bonds is 4. The van der Waals surface area contributed by atoms with Gasteiger partial charge in [0, 0.05) is 24.2 Å². The van der Waals surface area contributed by atoms with Crippen LogP contribution in [0.15, 0.2) is 41.2 Å². The summed E-state index contributed by atoms with van der Waals surface area (Å²) in [6.45, 7) is 1.97. The minimum Gasteiger partial charge on any atom is -0.461 e. The first-order valence-electron chi connectivity index (χ1n) is 12.3. The predicted octanol–water partition coefficient (Wildman–Crippen LogP) is 4.63. The van der Waals surface area contributed by atoms with Crippen LogP contribution in [-0.2, 0) is 4.74 Å². The summed E-state index contributed by atoms with van der Waals surface area (Å²) in [5.74, 6) is -0.628. The Balaban J connectivity index is 1.49. The molecule has 2 fully saturated rings. The number of hydrogen-bond donors (Lipinski definition) is 0. The van der Waals surface area contributed by atoms with Gasteiger partial charge in [0.15, 0.2) is 0 Å². The molecular formula is C26H33N3O3. The maximum atomic E-state index is 13.5. The molecule has 1 aliphatic carbocycles. The van der Waals surface area contributed by atoms with E-state index in [0.29, 0.717) is 23.6 Å². The molecule has 2 unspecified atom stereocenters. The van der Waals surface area contributed by atoms with Crippen LogP contribution in [0.5, 0.6) is 0 Å². The quantitative estimate of drug-likeness (QED) is 0.518. The number of hydrogen-bond acceptors (Lipinski definition) is 5. The average molecular weight is 436 g/mol. The Morgan fingerprint density at radius 3 is 2.62 bits per heavy atom. The lowest BCUT2D eigenvalue weighted by atomic mass is 9.92. The first-order chi connectivity index (χ1) is 15.7. The van der Waals surface area contributed by atoms with Gasteiger partial charge in [0.25, 0.3) is 5.56 Å². The van der Waals surface area contributed by atoms with Gasteiger partial charge in [-0.1, -0.05) is 37.1 Å². The van der Waals surface area contributed by atoms with Gasteiger partial charge in [-0.3, -0.25) is 9.69 Å². The lowest BCUT2D eigenvalue weighted by molar-refractivity contribution is 0.0514. The smallest absolute Gasteiger partial charge is 0.362 e. The van der Waals surface area contributed by atoms with Crippen molar-refractivity contribution < 1.29 is 9.53 Å². The van der Waals surface area contributed by atoms with E-state index in [1.165, 1.54) is 44.9 Å². The molecule has 0 saturated carbocycles. The van der Waals surface area contributed by atoms with E-state index in [2.05, 4.69) is 22.0 Å². The van der Waals surface area contributed by atoms with Gasteiger partial charge in [-0.2, -0.15) is 0 Å². The second-order valence-corrected chi connectivity index (χ2v) is 9.44. The number of para-hydroxylation sites is 2. The average Bonchev–Trinajstić information content (AvgIpc) is 3.02. The van der Waals surface area contributed by atoms with Crippen LogP contribution in [0.3, 0.4) is 0 Å². The van der Waals surface area contributed by atoms with Crippen molar-refractivity contribution in [3.63, 3.8) is 0 Å². The largest absolute Gasteiger partial charge is 0.461 e. The third kappa shape index (κ3) is 3.90. The van der Waals surface area contributed by atoms with Gasteiger partial charge >= 0.3 is 5.97 Å². The number of piperidine rings is 1. The molecule has 0 spiro atoms. The van der Waals surface area contributed by atoms with Crippen molar-refractivity contribution in [2.75, 3.05) is 6.61 Å². The third-order valence-electron chi connectivity index (χ3n) is 7.51.